The van der Waals surface area contributed by atoms with Crippen molar-refractivity contribution in [2.45, 2.75) is 0 Å². The second kappa shape index (κ2) is 7.94. The average Bonchev–Trinajstić information content (AvgIpc) is 2.16. The van der Waals surface area contributed by atoms with Gasteiger partial charge in [-0.25, -0.2) is 9.59 Å². The molecule has 17 heavy (non-hydrogen) atoms. The van der Waals surface area contributed by atoms with Gasteiger partial charge in [0.1, 0.15) is 0 Å². The summed E-state index contributed by atoms with van der Waals surface area (Å²) < 4.78 is 0. The number of hydrogen-bond donors (Lipinski definition) is 5. The third-order valence-corrected chi connectivity index (χ3v) is 1.39. The van der Waals surface area contributed by atoms with E-state index in [2.05, 4.69) is 11.5 Å². The lowest BCUT2D eigenvalue weighted by atomic mass is 10.1. The zero-order valence-electron chi connectivity index (χ0n) is 8.58. The van der Waals surface area contributed by atoms with Gasteiger partial charge in [-0.05, 0) is 12.1 Å². The highest BCUT2D eigenvalue weighted by Crippen LogP contribution is 2.07. The molecule has 0 aliphatic carbocycles. The quantitative estimate of drug-likeness (QED) is 0.383. The number of rotatable bonds is 2. The number of carboxylic acid groups (broad SMARTS) is 2. The molecule has 0 heterocycles. The molecule has 0 aromatic heterocycles. The fraction of sp³-hybridized carbons (Fsp3) is 0. The molecule has 8 heteroatoms. The third kappa shape index (κ3) is 6.74. The number of aromatic carboxylic acids is 2. The normalized spacial score (nSPS) is 8.00. The number of benzene rings is 1. The Morgan fingerprint density at radius 1 is 1.00 bits per heavy atom. The van der Waals surface area contributed by atoms with E-state index in [1.807, 2.05) is 0 Å². The molecule has 0 amide bonds. The van der Waals surface area contributed by atoms with Crippen molar-refractivity contribution < 1.29 is 19.8 Å². The van der Waals surface area contributed by atoms with E-state index in [4.69, 9.17) is 15.6 Å². The van der Waals surface area contributed by atoms with Gasteiger partial charge in [0, 0.05) is 0 Å². The lowest BCUT2D eigenvalue weighted by Crippen LogP contribution is -2.20. The van der Waals surface area contributed by atoms with E-state index in [1.165, 1.54) is 24.3 Å². The minimum absolute atomic E-state index is 0. The summed E-state index contributed by atoms with van der Waals surface area (Å²) in [4.78, 5) is 20.9. The fourth-order valence-corrected chi connectivity index (χ4v) is 0.856. The predicted molar refractivity (Wildman–Crippen MR) is 63.7 cm³/mol. The molecule has 94 valence electrons. The van der Waals surface area contributed by atoms with Crippen molar-refractivity contribution in [1.82, 2.24) is 0 Å². The van der Waals surface area contributed by atoms with Crippen LogP contribution in [0.1, 0.15) is 20.7 Å². The molecule has 0 fully saturated rings. The maximum Gasteiger partial charge on any atom is 0.336 e. The molecule has 1 aromatic carbocycles. The summed E-state index contributed by atoms with van der Waals surface area (Å²) in [5.74, 6) is -2.79. The Labute approximate surface area is 103 Å². The second-order valence-corrected chi connectivity index (χ2v) is 2.61. The van der Waals surface area contributed by atoms with E-state index in [-0.39, 0.29) is 29.5 Å². The Morgan fingerprint density at radius 3 is 1.41 bits per heavy atom. The first-order chi connectivity index (χ1) is 7.36. The lowest BCUT2D eigenvalue weighted by Gasteiger charge is -1.98. The topological polar surface area (TPSA) is 150 Å². The minimum atomic E-state index is -1.23. The van der Waals surface area contributed by atoms with Gasteiger partial charge in [0.15, 0.2) is 5.96 Å². The summed E-state index contributed by atoms with van der Waals surface area (Å²) >= 11 is 0. The van der Waals surface area contributed by atoms with Crippen molar-refractivity contribution >= 4 is 30.3 Å². The summed E-state index contributed by atoms with van der Waals surface area (Å²) in [5, 5.41) is 23.2. The summed E-state index contributed by atoms with van der Waals surface area (Å²) in [5.41, 5.74) is 8.56. The Balaban J connectivity index is 0. The lowest BCUT2D eigenvalue weighted by molar-refractivity contribution is 0.0651. The largest absolute Gasteiger partial charge is 0.478 e. The van der Waals surface area contributed by atoms with Gasteiger partial charge in [-0.15, -0.1) is 12.4 Å². The Hall–Kier alpha value is -2.28. The van der Waals surface area contributed by atoms with Crippen molar-refractivity contribution in [1.29, 1.82) is 5.41 Å². The molecule has 0 unspecified atom stereocenters. The van der Waals surface area contributed by atoms with Gasteiger partial charge in [0.05, 0.1) is 11.1 Å². The predicted octanol–water partition coefficient (Wildman–Crippen LogP) is 0.343. The first kappa shape index (κ1) is 17.1. The van der Waals surface area contributed by atoms with E-state index in [9.17, 15) is 9.59 Å². The standard InChI is InChI=1S/C8H6O4.CH5N3.ClH/c9-7(10)5-3-1-2-4-6(5)8(11)12;2-1(3)4;/h1-4H,(H,9,10)(H,11,12);(H5,2,3,4);1H. The molecular weight excluding hydrogens is 250 g/mol. The average molecular weight is 262 g/mol. The van der Waals surface area contributed by atoms with E-state index < -0.39 is 11.9 Å². The van der Waals surface area contributed by atoms with Gasteiger partial charge in [-0.1, -0.05) is 12.1 Å². The molecular formula is C9H12ClN3O4. The number of guanidine groups is 1. The van der Waals surface area contributed by atoms with Gasteiger partial charge < -0.3 is 21.7 Å². The molecule has 0 aliphatic rings. The van der Waals surface area contributed by atoms with Crippen molar-refractivity contribution in [3.05, 3.63) is 35.4 Å². The van der Waals surface area contributed by atoms with Crippen LogP contribution in [0.5, 0.6) is 0 Å². The van der Waals surface area contributed by atoms with E-state index in [0.717, 1.165) is 0 Å². The van der Waals surface area contributed by atoms with E-state index in [1.54, 1.807) is 0 Å². The summed E-state index contributed by atoms with van der Waals surface area (Å²) in [6.45, 7) is 0. The monoisotopic (exact) mass is 261 g/mol. The van der Waals surface area contributed by atoms with Crippen LogP contribution < -0.4 is 11.5 Å². The number of carbonyl (C=O) groups is 2. The zero-order chi connectivity index (χ0) is 12.7. The molecule has 1 aromatic rings. The van der Waals surface area contributed by atoms with Crippen LogP contribution >= 0.6 is 12.4 Å². The molecule has 7 nitrogen and oxygen atoms in total. The van der Waals surface area contributed by atoms with Gasteiger partial charge in [-0.2, -0.15) is 0 Å². The molecule has 0 saturated carbocycles. The van der Waals surface area contributed by atoms with Crippen LogP contribution in [0, 0.1) is 5.41 Å². The minimum Gasteiger partial charge on any atom is -0.478 e. The smallest absolute Gasteiger partial charge is 0.336 e. The van der Waals surface area contributed by atoms with Crippen LogP contribution in [0.4, 0.5) is 0 Å². The number of nitrogens with two attached hydrogens (primary N) is 2. The maximum atomic E-state index is 10.5. The second-order valence-electron chi connectivity index (χ2n) is 2.61. The van der Waals surface area contributed by atoms with Crippen LogP contribution in [0.15, 0.2) is 24.3 Å². The number of carboxylic acids is 2. The van der Waals surface area contributed by atoms with Crippen LogP contribution in [0.3, 0.4) is 0 Å². The van der Waals surface area contributed by atoms with Crippen molar-refractivity contribution in [2.24, 2.45) is 11.5 Å². The van der Waals surface area contributed by atoms with Gasteiger partial charge in [0.2, 0.25) is 0 Å². The van der Waals surface area contributed by atoms with Crippen LogP contribution in [0.2, 0.25) is 0 Å². The highest BCUT2D eigenvalue weighted by molar-refractivity contribution is 6.01. The molecule has 7 N–H and O–H groups in total. The first-order valence-corrected chi connectivity index (χ1v) is 4.01. The van der Waals surface area contributed by atoms with Gasteiger partial charge in [0.25, 0.3) is 0 Å². The Bertz CT molecular complexity index is 385. The third-order valence-electron chi connectivity index (χ3n) is 1.39. The van der Waals surface area contributed by atoms with Crippen LogP contribution in [-0.4, -0.2) is 28.1 Å². The van der Waals surface area contributed by atoms with Crippen molar-refractivity contribution in [2.75, 3.05) is 0 Å². The highest BCUT2D eigenvalue weighted by Gasteiger charge is 2.13. The molecule has 0 atom stereocenters. The maximum absolute atomic E-state index is 10.5. The van der Waals surface area contributed by atoms with Gasteiger partial charge >= 0.3 is 11.9 Å². The Kier molecular flexibility index (Phi) is 8.00. The summed E-state index contributed by atoms with van der Waals surface area (Å²) in [6.07, 6.45) is 0. The molecule has 0 spiro atoms. The Morgan fingerprint density at radius 2 is 1.24 bits per heavy atom. The molecule has 0 saturated heterocycles. The fourth-order valence-electron chi connectivity index (χ4n) is 0.856. The molecule has 0 bridgehead atoms. The van der Waals surface area contributed by atoms with Crippen LogP contribution in [-0.2, 0) is 0 Å². The van der Waals surface area contributed by atoms with E-state index >= 15 is 0 Å². The number of halogens is 1. The summed E-state index contributed by atoms with van der Waals surface area (Å²) in [6, 6.07) is 5.48. The first-order valence-electron chi connectivity index (χ1n) is 4.01. The SMILES string of the molecule is Cl.N=C(N)N.O=C(O)c1ccccc1C(=O)O. The molecule has 0 aliphatic heterocycles. The van der Waals surface area contributed by atoms with Crippen molar-refractivity contribution in [3.8, 4) is 0 Å². The zero-order valence-corrected chi connectivity index (χ0v) is 9.40. The van der Waals surface area contributed by atoms with Crippen LogP contribution in [0.25, 0.3) is 0 Å². The van der Waals surface area contributed by atoms with E-state index in [0.29, 0.717) is 0 Å². The number of hydrogen-bond acceptors (Lipinski definition) is 3. The van der Waals surface area contributed by atoms with Gasteiger partial charge in [-0.3, -0.25) is 5.41 Å². The van der Waals surface area contributed by atoms with Crippen molar-refractivity contribution in [3.63, 3.8) is 0 Å². The highest BCUT2D eigenvalue weighted by atomic mass is 35.5. The summed E-state index contributed by atoms with van der Waals surface area (Å²) in [7, 11) is 0. The number of nitrogens with one attached hydrogen (secondary N) is 1. The molecule has 1 rings (SSSR count). The molecule has 0 radical (unpaired) electrons.